The van der Waals surface area contributed by atoms with Gasteiger partial charge in [0.1, 0.15) is 21.7 Å². The number of hydrogen-bond acceptors (Lipinski definition) is 5. The number of amides is 1. The van der Waals surface area contributed by atoms with Crippen molar-refractivity contribution in [2.24, 2.45) is 5.73 Å². The van der Waals surface area contributed by atoms with Crippen LogP contribution in [0.2, 0.25) is 0 Å². The van der Waals surface area contributed by atoms with Crippen LogP contribution in [0.5, 0.6) is 17.2 Å². The Kier molecular flexibility index (Phi) is 7.33. The van der Waals surface area contributed by atoms with Crippen molar-refractivity contribution in [2.45, 2.75) is 0 Å². The molecule has 0 spiro atoms. The first-order chi connectivity index (χ1) is 15.4. The van der Waals surface area contributed by atoms with E-state index in [1.54, 1.807) is 55.7 Å². The van der Waals surface area contributed by atoms with Gasteiger partial charge in [0.15, 0.2) is 5.78 Å². The summed E-state index contributed by atoms with van der Waals surface area (Å²) in [6.45, 7) is 0. The average Bonchev–Trinajstić information content (AvgIpc) is 2.82. The highest BCUT2D eigenvalue weighted by molar-refractivity contribution is 9.10. The number of halogens is 1. The number of methoxy groups -OCH3 is 3. The second-order valence-corrected chi connectivity index (χ2v) is 7.52. The van der Waals surface area contributed by atoms with E-state index in [2.05, 4.69) is 15.9 Å². The molecule has 0 aliphatic carbocycles. The fourth-order valence-electron chi connectivity index (χ4n) is 3.32. The first-order valence-corrected chi connectivity index (χ1v) is 10.4. The number of carbonyl (C=O) groups excluding carboxylic acids is 2. The molecule has 32 heavy (non-hydrogen) atoms. The van der Waals surface area contributed by atoms with Crippen LogP contribution in [0.3, 0.4) is 0 Å². The molecule has 0 aliphatic rings. The van der Waals surface area contributed by atoms with Gasteiger partial charge in [0.05, 0.1) is 26.9 Å². The van der Waals surface area contributed by atoms with Crippen LogP contribution in [0.1, 0.15) is 26.3 Å². The zero-order chi connectivity index (χ0) is 23.3. The van der Waals surface area contributed by atoms with Gasteiger partial charge in [-0.25, -0.2) is 0 Å². The van der Waals surface area contributed by atoms with Crippen molar-refractivity contribution < 1.29 is 23.8 Å². The van der Waals surface area contributed by atoms with Crippen molar-refractivity contribution in [3.05, 3.63) is 81.8 Å². The predicted octanol–water partition coefficient (Wildman–Crippen LogP) is 5.14. The van der Waals surface area contributed by atoms with Crippen LogP contribution in [0.4, 0.5) is 0 Å². The summed E-state index contributed by atoms with van der Waals surface area (Å²) in [4.78, 5) is 24.7. The second-order valence-electron chi connectivity index (χ2n) is 6.73. The Hall–Kier alpha value is -3.58. The Bertz CT molecular complexity index is 1200. The lowest BCUT2D eigenvalue weighted by Gasteiger charge is -2.15. The van der Waals surface area contributed by atoms with Crippen molar-refractivity contribution >= 4 is 33.7 Å². The van der Waals surface area contributed by atoms with Crippen LogP contribution in [0, 0.1) is 0 Å². The molecule has 0 bridgehead atoms. The summed E-state index contributed by atoms with van der Waals surface area (Å²) in [6.07, 6.45) is 3.08. The molecule has 164 valence electrons. The molecule has 0 saturated heterocycles. The highest BCUT2D eigenvalue weighted by atomic mass is 79.9. The van der Waals surface area contributed by atoms with Crippen molar-refractivity contribution in [1.29, 1.82) is 0 Å². The van der Waals surface area contributed by atoms with Gasteiger partial charge in [0.2, 0.25) is 5.91 Å². The monoisotopic (exact) mass is 495 g/mol. The van der Waals surface area contributed by atoms with E-state index in [-0.39, 0.29) is 5.78 Å². The molecule has 0 aromatic heterocycles. The molecule has 6 nitrogen and oxygen atoms in total. The van der Waals surface area contributed by atoms with Crippen LogP contribution < -0.4 is 19.9 Å². The van der Waals surface area contributed by atoms with E-state index in [1.807, 2.05) is 12.1 Å². The first-order valence-electron chi connectivity index (χ1n) is 9.61. The zero-order valence-electron chi connectivity index (χ0n) is 17.8. The van der Waals surface area contributed by atoms with E-state index < -0.39 is 5.91 Å². The minimum absolute atomic E-state index is 0.223. The highest BCUT2D eigenvalue weighted by Crippen LogP contribution is 2.43. The fourth-order valence-corrected chi connectivity index (χ4v) is 3.97. The molecule has 3 rings (SSSR count). The Morgan fingerprint density at radius 2 is 1.62 bits per heavy atom. The molecule has 3 aromatic rings. The van der Waals surface area contributed by atoms with E-state index in [9.17, 15) is 9.59 Å². The van der Waals surface area contributed by atoms with Crippen LogP contribution >= 0.6 is 15.9 Å². The molecule has 1 amide bonds. The van der Waals surface area contributed by atoms with E-state index >= 15 is 0 Å². The quantitative estimate of drug-likeness (QED) is 0.345. The molecule has 3 aromatic carbocycles. The lowest BCUT2D eigenvalue weighted by Crippen LogP contribution is -2.12. The minimum atomic E-state index is -0.526. The Labute approximate surface area is 194 Å². The molecular formula is C25H22BrNO5. The largest absolute Gasteiger partial charge is 0.496 e. The number of allylic oxidation sites excluding steroid dienone is 1. The number of ketones is 1. The number of hydrogen-bond donors (Lipinski definition) is 1. The summed E-state index contributed by atoms with van der Waals surface area (Å²) in [5.41, 5.74) is 8.33. The standard InChI is InChI=1S/C25H22BrNO5/c1-30-21-14-22(31-2)23(26)24(32-3)19(21)11-12-20(28)16-8-6-7-15(13-16)17-9-4-5-10-18(17)25(27)29/h4-14H,1-3H3,(H2,27,29)/b12-11+. The van der Waals surface area contributed by atoms with Gasteiger partial charge in [-0.2, -0.15) is 0 Å². The maximum atomic E-state index is 12.9. The predicted molar refractivity (Wildman–Crippen MR) is 128 cm³/mol. The number of rotatable bonds is 8. The van der Waals surface area contributed by atoms with Crippen LogP contribution in [0.15, 0.2) is 65.1 Å². The number of benzene rings is 3. The normalized spacial score (nSPS) is 10.8. The fraction of sp³-hybridized carbons (Fsp3) is 0.120. The van der Waals surface area contributed by atoms with Crippen molar-refractivity contribution in [3.63, 3.8) is 0 Å². The molecule has 0 atom stereocenters. The number of nitrogens with two attached hydrogens (primary N) is 1. The Balaban J connectivity index is 1.99. The Morgan fingerprint density at radius 3 is 2.28 bits per heavy atom. The summed E-state index contributed by atoms with van der Waals surface area (Å²) in [6, 6.07) is 15.8. The summed E-state index contributed by atoms with van der Waals surface area (Å²) in [5.74, 6) is 0.772. The number of ether oxygens (including phenoxy) is 3. The van der Waals surface area contributed by atoms with Gasteiger partial charge in [0, 0.05) is 17.2 Å². The van der Waals surface area contributed by atoms with Gasteiger partial charge in [0.25, 0.3) is 0 Å². The molecule has 0 radical (unpaired) electrons. The Morgan fingerprint density at radius 1 is 0.906 bits per heavy atom. The molecular weight excluding hydrogens is 474 g/mol. The minimum Gasteiger partial charge on any atom is -0.496 e. The SMILES string of the molecule is COc1cc(OC)c(/C=C/C(=O)c2cccc(-c3ccccc3C(N)=O)c2)c(OC)c1Br. The van der Waals surface area contributed by atoms with E-state index in [1.165, 1.54) is 20.3 Å². The maximum absolute atomic E-state index is 12.9. The van der Waals surface area contributed by atoms with Gasteiger partial charge in [-0.1, -0.05) is 36.4 Å². The summed E-state index contributed by atoms with van der Waals surface area (Å²) in [7, 11) is 4.60. The van der Waals surface area contributed by atoms with Crippen LogP contribution in [-0.2, 0) is 0 Å². The molecule has 0 saturated carbocycles. The van der Waals surface area contributed by atoms with Crippen LogP contribution in [-0.4, -0.2) is 33.0 Å². The van der Waals surface area contributed by atoms with E-state index in [0.29, 0.717) is 44.0 Å². The average molecular weight is 496 g/mol. The van der Waals surface area contributed by atoms with Gasteiger partial charge < -0.3 is 19.9 Å². The summed E-state index contributed by atoms with van der Waals surface area (Å²) in [5, 5.41) is 0. The number of primary amides is 1. The molecule has 0 fully saturated rings. The first kappa shape index (κ1) is 23.1. The van der Waals surface area contributed by atoms with Crippen molar-refractivity contribution in [3.8, 4) is 28.4 Å². The van der Waals surface area contributed by atoms with E-state index in [4.69, 9.17) is 19.9 Å². The molecule has 0 unspecified atom stereocenters. The second kappa shape index (κ2) is 10.2. The van der Waals surface area contributed by atoms with Gasteiger partial charge >= 0.3 is 0 Å². The van der Waals surface area contributed by atoms with Gasteiger partial charge in [-0.3, -0.25) is 9.59 Å². The summed E-state index contributed by atoms with van der Waals surface area (Å²) < 4.78 is 16.9. The van der Waals surface area contributed by atoms with Crippen molar-refractivity contribution in [1.82, 2.24) is 0 Å². The third-order valence-corrected chi connectivity index (χ3v) is 5.63. The molecule has 7 heteroatoms. The lowest BCUT2D eigenvalue weighted by atomic mass is 9.96. The smallest absolute Gasteiger partial charge is 0.249 e. The van der Waals surface area contributed by atoms with Crippen molar-refractivity contribution in [2.75, 3.05) is 21.3 Å². The zero-order valence-corrected chi connectivity index (χ0v) is 19.4. The third kappa shape index (κ3) is 4.68. The van der Waals surface area contributed by atoms with E-state index in [0.717, 1.165) is 5.56 Å². The van der Waals surface area contributed by atoms with Gasteiger partial charge in [-0.15, -0.1) is 0 Å². The lowest BCUT2D eigenvalue weighted by molar-refractivity contribution is 0.0999. The number of carbonyl (C=O) groups is 2. The topological polar surface area (TPSA) is 87.9 Å². The van der Waals surface area contributed by atoms with Crippen LogP contribution in [0.25, 0.3) is 17.2 Å². The summed E-state index contributed by atoms with van der Waals surface area (Å²) >= 11 is 3.46. The highest BCUT2D eigenvalue weighted by Gasteiger charge is 2.18. The molecule has 2 N–H and O–H groups in total. The molecule has 0 aliphatic heterocycles. The third-order valence-electron chi connectivity index (χ3n) is 4.88. The van der Waals surface area contributed by atoms with Gasteiger partial charge in [-0.05, 0) is 51.3 Å². The maximum Gasteiger partial charge on any atom is 0.249 e. The molecule has 0 heterocycles.